The molecular weight excluding hydrogens is 366 g/mol. The molecule has 3 aromatic rings. The van der Waals surface area contributed by atoms with E-state index in [1.807, 2.05) is 30.3 Å². The highest BCUT2D eigenvalue weighted by molar-refractivity contribution is 5.97. The van der Waals surface area contributed by atoms with Crippen LogP contribution in [0.5, 0.6) is 0 Å². The van der Waals surface area contributed by atoms with Crippen LogP contribution in [-0.2, 0) is 16.1 Å². The highest BCUT2D eigenvalue weighted by atomic mass is 16.5. The van der Waals surface area contributed by atoms with Gasteiger partial charge in [0.15, 0.2) is 0 Å². The predicted molar refractivity (Wildman–Crippen MR) is 111 cm³/mol. The molecule has 6 heteroatoms. The second kappa shape index (κ2) is 9.19. The maximum absolute atomic E-state index is 12.7. The molecule has 0 bridgehead atoms. The third-order valence-electron chi connectivity index (χ3n) is 4.50. The van der Waals surface area contributed by atoms with Gasteiger partial charge >= 0.3 is 5.97 Å². The average molecular weight is 391 g/mol. The highest BCUT2D eigenvalue weighted by Gasteiger charge is 2.24. The normalized spacial score (nSPS) is 11.9. The molecule has 1 aromatic heterocycles. The number of nitrogens with zero attached hydrogens (tertiary/aromatic N) is 2. The van der Waals surface area contributed by atoms with Gasteiger partial charge in [0, 0.05) is 18.0 Å². The molecule has 1 amide bonds. The first-order valence-electron chi connectivity index (χ1n) is 9.57. The van der Waals surface area contributed by atoms with E-state index in [0.29, 0.717) is 5.56 Å². The van der Waals surface area contributed by atoms with Crippen molar-refractivity contribution in [2.75, 3.05) is 0 Å². The quantitative estimate of drug-likeness (QED) is 0.625. The van der Waals surface area contributed by atoms with Crippen molar-refractivity contribution < 1.29 is 14.3 Å². The van der Waals surface area contributed by atoms with Gasteiger partial charge in [-0.2, -0.15) is 0 Å². The van der Waals surface area contributed by atoms with Crippen molar-refractivity contribution >= 4 is 11.9 Å². The van der Waals surface area contributed by atoms with Crippen LogP contribution in [0.25, 0.3) is 11.1 Å². The van der Waals surface area contributed by atoms with Crippen LogP contribution in [0.2, 0.25) is 0 Å². The Morgan fingerprint density at radius 1 is 1.10 bits per heavy atom. The third-order valence-corrected chi connectivity index (χ3v) is 4.50. The van der Waals surface area contributed by atoms with Crippen LogP contribution in [0.4, 0.5) is 0 Å². The smallest absolute Gasteiger partial charge is 0.330 e. The van der Waals surface area contributed by atoms with Crippen LogP contribution >= 0.6 is 0 Å². The lowest BCUT2D eigenvalue weighted by atomic mass is 9.99. The predicted octanol–water partition coefficient (Wildman–Crippen LogP) is 3.61. The Labute approximate surface area is 170 Å². The molecule has 0 aliphatic heterocycles. The van der Waals surface area contributed by atoms with Crippen molar-refractivity contribution in [1.82, 2.24) is 14.9 Å². The minimum absolute atomic E-state index is 0.249. The first-order valence-corrected chi connectivity index (χ1v) is 9.57. The summed E-state index contributed by atoms with van der Waals surface area (Å²) >= 11 is 0. The zero-order valence-electron chi connectivity index (χ0n) is 16.8. The molecule has 3 rings (SSSR count). The number of aromatic nitrogens is 2. The fourth-order valence-corrected chi connectivity index (χ4v) is 3.04. The van der Waals surface area contributed by atoms with Crippen molar-refractivity contribution in [3.63, 3.8) is 0 Å². The van der Waals surface area contributed by atoms with Gasteiger partial charge in [0.1, 0.15) is 6.04 Å². The fourth-order valence-electron chi connectivity index (χ4n) is 3.04. The summed E-state index contributed by atoms with van der Waals surface area (Å²) in [6, 6.07) is 14.6. The molecule has 0 aliphatic rings. The molecule has 0 aliphatic carbocycles. The number of amides is 1. The molecule has 2 aromatic carbocycles. The topological polar surface area (TPSA) is 73.2 Å². The van der Waals surface area contributed by atoms with Crippen LogP contribution in [0.1, 0.15) is 29.8 Å². The first-order chi connectivity index (χ1) is 13.9. The number of nitrogens with one attached hydrogen (secondary N) is 1. The van der Waals surface area contributed by atoms with E-state index in [4.69, 9.17) is 4.74 Å². The van der Waals surface area contributed by atoms with Crippen molar-refractivity contribution in [3.8, 4) is 11.1 Å². The summed E-state index contributed by atoms with van der Waals surface area (Å²) < 4.78 is 7.03. The third kappa shape index (κ3) is 5.31. The maximum atomic E-state index is 12.7. The zero-order chi connectivity index (χ0) is 20.8. The number of ether oxygens (including phenoxy) is 1. The van der Waals surface area contributed by atoms with Crippen LogP contribution in [0, 0.1) is 6.92 Å². The number of hydrogen-bond donors (Lipinski definition) is 1. The molecule has 0 saturated heterocycles. The Kier molecular flexibility index (Phi) is 6.44. The molecule has 0 unspecified atom stereocenters. The molecule has 0 fully saturated rings. The zero-order valence-corrected chi connectivity index (χ0v) is 16.8. The summed E-state index contributed by atoms with van der Waals surface area (Å²) in [5, 5.41) is 2.79. The van der Waals surface area contributed by atoms with Gasteiger partial charge in [-0.3, -0.25) is 4.79 Å². The highest BCUT2D eigenvalue weighted by Crippen LogP contribution is 2.23. The average Bonchev–Trinajstić information content (AvgIpc) is 3.20. The van der Waals surface area contributed by atoms with Crippen LogP contribution in [0.3, 0.4) is 0 Å². The lowest BCUT2D eigenvalue weighted by Crippen LogP contribution is -2.45. The van der Waals surface area contributed by atoms with Crippen LogP contribution in [-0.4, -0.2) is 33.6 Å². The Hall–Kier alpha value is -3.41. The number of esters is 1. The molecule has 1 atom stereocenters. The standard InChI is InChI=1S/C23H25N3O3/c1-16(2)29-23(28)21(14-26-13-12-24-15-26)25-22(27)19-10-8-18(9-11-19)20-7-5-4-6-17(20)3/h4-13,15-16,21H,14H2,1-3H3,(H,25,27)/t21-/m0/s1. The van der Waals surface area contributed by atoms with Crippen LogP contribution in [0.15, 0.2) is 67.3 Å². The Morgan fingerprint density at radius 2 is 1.83 bits per heavy atom. The second-order valence-electron chi connectivity index (χ2n) is 7.16. The van der Waals surface area contributed by atoms with E-state index < -0.39 is 12.0 Å². The first kappa shape index (κ1) is 20.3. The number of imidazole rings is 1. The van der Waals surface area contributed by atoms with E-state index in [1.165, 1.54) is 5.56 Å². The summed E-state index contributed by atoms with van der Waals surface area (Å²) in [5.41, 5.74) is 3.81. The summed E-state index contributed by atoms with van der Waals surface area (Å²) in [6.07, 6.45) is 4.69. The molecule has 1 N–H and O–H groups in total. The summed E-state index contributed by atoms with van der Waals surface area (Å²) in [7, 11) is 0. The molecule has 6 nitrogen and oxygen atoms in total. The SMILES string of the molecule is Cc1ccccc1-c1ccc(C(=O)N[C@@H](Cn2ccnc2)C(=O)OC(C)C)cc1. The van der Waals surface area contributed by atoms with Gasteiger partial charge in [0.05, 0.1) is 19.0 Å². The number of carbonyl (C=O) groups is 2. The van der Waals surface area contributed by atoms with Crippen LogP contribution < -0.4 is 5.32 Å². The molecule has 150 valence electrons. The minimum atomic E-state index is -0.810. The number of hydrogen-bond acceptors (Lipinski definition) is 4. The number of carbonyl (C=O) groups excluding carboxylic acids is 2. The molecule has 1 heterocycles. The van der Waals surface area contributed by atoms with E-state index in [9.17, 15) is 9.59 Å². The van der Waals surface area contributed by atoms with Gasteiger partial charge < -0.3 is 14.6 Å². The van der Waals surface area contributed by atoms with Gasteiger partial charge in [-0.1, -0.05) is 36.4 Å². The second-order valence-corrected chi connectivity index (χ2v) is 7.16. The summed E-state index contributed by atoms with van der Waals surface area (Å²) in [6.45, 7) is 5.85. The lowest BCUT2D eigenvalue weighted by molar-refractivity contribution is -0.150. The van der Waals surface area contributed by atoms with Gasteiger partial charge in [-0.15, -0.1) is 0 Å². The van der Waals surface area contributed by atoms with Crippen molar-refractivity contribution in [1.29, 1.82) is 0 Å². The minimum Gasteiger partial charge on any atom is -0.461 e. The Bertz CT molecular complexity index is 963. The van der Waals surface area contributed by atoms with Crippen molar-refractivity contribution in [2.45, 2.75) is 39.5 Å². The van der Waals surface area contributed by atoms with E-state index in [-0.39, 0.29) is 18.6 Å². The Morgan fingerprint density at radius 3 is 2.45 bits per heavy atom. The molecule has 0 saturated carbocycles. The fraction of sp³-hybridized carbons (Fsp3) is 0.261. The Balaban J connectivity index is 1.74. The van der Waals surface area contributed by atoms with E-state index in [1.54, 1.807) is 49.3 Å². The van der Waals surface area contributed by atoms with Crippen molar-refractivity contribution in [2.24, 2.45) is 0 Å². The maximum Gasteiger partial charge on any atom is 0.330 e. The number of benzene rings is 2. The number of aryl methyl sites for hydroxylation is 1. The summed E-state index contributed by atoms with van der Waals surface area (Å²) in [5.74, 6) is -0.800. The molecule has 29 heavy (non-hydrogen) atoms. The number of rotatable bonds is 7. The largest absolute Gasteiger partial charge is 0.461 e. The lowest BCUT2D eigenvalue weighted by Gasteiger charge is -2.19. The molecule has 0 radical (unpaired) electrons. The van der Waals surface area contributed by atoms with Gasteiger partial charge in [-0.25, -0.2) is 9.78 Å². The van der Waals surface area contributed by atoms with Gasteiger partial charge in [0.25, 0.3) is 5.91 Å². The van der Waals surface area contributed by atoms with Gasteiger partial charge in [-0.05, 0) is 49.6 Å². The van der Waals surface area contributed by atoms with E-state index in [2.05, 4.69) is 23.3 Å². The van der Waals surface area contributed by atoms with Crippen molar-refractivity contribution in [3.05, 3.63) is 78.4 Å². The summed E-state index contributed by atoms with van der Waals surface area (Å²) in [4.78, 5) is 29.2. The molecule has 0 spiro atoms. The van der Waals surface area contributed by atoms with E-state index in [0.717, 1.165) is 11.1 Å². The van der Waals surface area contributed by atoms with E-state index >= 15 is 0 Å². The van der Waals surface area contributed by atoms with Gasteiger partial charge in [0.2, 0.25) is 0 Å². The monoisotopic (exact) mass is 391 g/mol. The molecular formula is C23H25N3O3.